The highest BCUT2D eigenvalue weighted by molar-refractivity contribution is 5.99. The zero-order chi connectivity index (χ0) is 26.7. The normalized spacial score (nSPS) is 17.1. The van der Waals surface area contributed by atoms with E-state index >= 15 is 0 Å². The van der Waals surface area contributed by atoms with E-state index in [2.05, 4.69) is 15.7 Å². The highest BCUT2D eigenvalue weighted by Gasteiger charge is 2.47. The Labute approximate surface area is 219 Å². The van der Waals surface area contributed by atoms with Crippen LogP contribution in [0.15, 0.2) is 91.1 Å². The lowest BCUT2D eigenvalue weighted by atomic mass is 9.91. The smallest absolute Gasteiger partial charge is 0.363 e. The number of nitrogens with one attached hydrogen (secondary N) is 2. The third-order valence-corrected chi connectivity index (χ3v) is 7.14. The van der Waals surface area contributed by atoms with Crippen molar-refractivity contribution in [2.75, 3.05) is 11.9 Å². The molecule has 8 heteroatoms. The molecule has 4 aromatic rings. The summed E-state index contributed by atoms with van der Waals surface area (Å²) in [5.74, 6) is -0.511. The van der Waals surface area contributed by atoms with Crippen molar-refractivity contribution in [2.24, 2.45) is 0 Å². The maximum absolute atomic E-state index is 14.1. The lowest BCUT2D eigenvalue weighted by molar-refractivity contribution is -0.173. The van der Waals surface area contributed by atoms with Crippen LogP contribution in [0.1, 0.15) is 64.0 Å². The van der Waals surface area contributed by atoms with Crippen LogP contribution in [0.25, 0.3) is 0 Å². The zero-order valence-electron chi connectivity index (χ0n) is 21.0. The summed E-state index contributed by atoms with van der Waals surface area (Å²) in [7, 11) is 0. The quantitative estimate of drug-likeness (QED) is 0.287. The number of halogens is 3. The molecule has 1 aliphatic heterocycles. The summed E-state index contributed by atoms with van der Waals surface area (Å²) < 4.78 is 43.1. The van der Waals surface area contributed by atoms with Crippen molar-refractivity contribution in [1.29, 1.82) is 0 Å². The van der Waals surface area contributed by atoms with Crippen molar-refractivity contribution in [3.8, 4) is 0 Å². The molecule has 0 aliphatic carbocycles. The summed E-state index contributed by atoms with van der Waals surface area (Å²) in [6, 6.07) is 24.7. The molecule has 0 bridgehead atoms. The number of nitrogens with zero attached hydrogens (tertiary/aromatic N) is 2. The van der Waals surface area contributed by atoms with E-state index < -0.39 is 24.2 Å². The Bertz CT molecular complexity index is 1330. The second kappa shape index (κ2) is 10.7. The number of hydrogen-bond donors (Lipinski definition) is 2. The van der Waals surface area contributed by atoms with Crippen LogP contribution in [0.5, 0.6) is 0 Å². The molecule has 2 heterocycles. The van der Waals surface area contributed by atoms with Crippen molar-refractivity contribution in [1.82, 2.24) is 15.1 Å². The van der Waals surface area contributed by atoms with Gasteiger partial charge in [0.15, 0.2) is 6.04 Å². The molecule has 1 aliphatic rings. The van der Waals surface area contributed by atoms with E-state index in [4.69, 9.17) is 0 Å². The summed E-state index contributed by atoms with van der Waals surface area (Å²) in [6.45, 7) is 2.30. The largest absolute Gasteiger partial charge is 0.410 e. The Balaban J connectivity index is 1.41. The van der Waals surface area contributed by atoms with Gasteiger partial charge in [-0.1, -0.05) is 91.9 Å². The number of carbonyl (C=O) groups excluding carboxylic acids is 1. The number of alkyl halides is 3. The minimum atomic E-state index is -4.51. The van der Waals surface area contributed by atoms with Crippen LogP contribution in [0.3, 0.4) is 0 Å². The van der Waals surface area contributed by atoms with Gasteiger partial charge in [0.1, 0.15) is 11.4 Å². The number of aryl methyl sites for hydroxylation is 1. The Morgan fingerprint density at radius 3 is 2.16 bits per heavy atom. The number of anilines is 1. The van der Waals surface area contributed by atoms with Gasteiger partial charge in [-0.15, -0.1) is 0 Å². The van der Waals surface area contributed by atoms with Gasteiger partial charge in [-0.05, 0) is 28.7 Å². The van der Waals surface area contributed by atoms with Crippen LogP contribution in [-0.4, -0.2) is 28.4 Å². The number of benzene rings is 3. The lowest BCUT2D eigenvalue weighted by Gasteiger charge is -2.34. The zero-order valence-corrected chi connectivity index (χ0v) is 21.0. The van der Waals surface area contributed by atoms with Gasteiger partial charge in [-0.3, -0.25) is 4.79 Å². The van der Waals surface area contributed by atoms with Gasteiger partial charge in [-0.25, -0.2) is 4.68 Å². The monoisotopic (exact) mass is 518 g/mol. The van der Waals surface area contributed by atoms with Gasteiger partial charge < -0.3 is 10.6 Å². The molecular weight excluding hydrogens is 489 g/mol. The van der Waals surface area contributed by atoms with Gasteiger partial charge in [0.05, 0.1) is 12.2 Å². The van der Waals surface area contributed by atoms with E-state index in [-0.39, 0.29) is 30.3 Å². The summed E-state index contributed by atoms with van der Waals surface area (Å²) in [6.07, 6.45) is -2.66. The molecule has 3 aromatic carbocycles. The molecule has 38 heavy (non-hydrogen) atoms. The average Bonchev–Trinajstić information content (AvgIpc) is 3.37. The van der Waals surface area contributed by atoms with Crippen LogP contribution < -0.4 is 10.6 Å². The predicted octanol–water partition coefficient (Wildman–Crippen LogP) is 6.67. The summed E-state index contributed by atoms with van der Waals surface area (Å²) in [4.78, 5) is 13.3. The minimum Gasteiger partial charge on any atom is -0.363 e. The number of carbonyl (C=O) groups is 1. The molecule has 196 valence electrons. The summed E-state index contributed by atoms with van der Waals surface area (Å²) in [5, 5.41) is 10.1. The molecule has 0 fully saturated rings. The highest BCUT2D eigenvalue weighted by Crippen LogP contribution is 2.44. The standard InChI is InChI=1S/C30H29F3N4O/c1-2-20-13-15-23(16-14-20)26-17-27(30(31,32)33)37-28(36-26)25(19-35-37)29(38)34-18-24(21-9-5-3-6-10-21)22-11-7-4-8-12-22/h3-16,19,24,26-27,36H,2,17-18H2,1H3,(H,34,38). The number of hydrogen-bond acceptors (Lipinski definition) is 3. The molecule has 2 unspecified atom stereocenters. The van der Waals surface area contributed by atoms with E-state index in [0.29, 0.717) is 0 Å². The van der Waals surface area contributed by atoms with Crippen molar-refractivity contribution < 1.29 is 18.0 Å². The fraction of sp³-hybridized carbons (Fsp3) is 0.267. The second-order valence-corrected chi connectivity index (χ2v) is 9.52. The second-order valence-electron chi connectivity index (χ2n) is 9.52. The molecular formula is C30H29F3N4O. The predicted molar refractivity (Wildman–Crippen MR) is 141 cm³/mol. The van der Waals surface area contributed by atoms with Crippen molar-refractivity contribution >= 4 is 11.7 Å². The molecule has 5 nitrogen and oxygen atoms in total. The lowest BCUT2D eigenvalue weighted by Crippen LogP contribution is -2.36. The third kappa shape index (κ3) is 5.30. The first-order valence-corrected chi connectivity index (χ1v) is 12.7. The molecule has 0 saturated carbocycles. The van der Waals surface area contributed by atoms with Gasteiger partial charge in [0.2, 0.25) is 0 Å². The number of amides is 1. The maximum Gasteiger partial charge on any atom is 0.410 e. The van der Waals surface area contributed by atoms with E-state index in [1.54, 1.807) is 0 Å². The average molecular weight is 519 g/mol. The molecule has 1 amide bonds. The van der Waals surface area contributed by atoms with Crippen LogP contribution in [0.2, 0.25) is 0 Å². The summed E-state index contributed by atoms with van der Waals surface area (Å²) >= 11 is 0. The molecule has 0 spiro atoms. The molecule has 5 rings (SSSR count). The first-order chi connectivity index (χ1) is 18.3. The van der Waals surface area contributed by atoms with Crippen molar-refractivity contribution in [3.05, 3.63) is 119 Å². The van der Waals surface area contributed by atoms with E-state index in [1.165, 1.54) is 6.20 Å². The van der Waals surface area contributed by atoms with E-state index in [9.17, 15) is 18.0 Å². The molecule has 1 aromatic heterocycles. The van der Waals surface area contributed by atoms with E-state index in [0.717, 1.165) is 33.4 Å². The Kier molecular flexibility index (Phi) is 7.22. The number of aromatic nitrogens is 2. The maximum atomic E-state index is 14.1. The number of rotatable bonds is 7. The molecule has 2 N–H and O–H groups in total. The molecule has 0 radical (unpaired) electrons. The first-order valence-electron chi connectivity index (χ1n) is 12.7. The Morgan fingerprint density at radius 2 is 1.61 bits per heavy atom. The summed E-state index contributed by atoms with van der Waals surface area (Å²) in [5.41, 5.74) is 4.00. The topological polar surface area (TPSA) is 59.0 Å². The van der Waals surface area contributed by atoms with Gasteiger partial charge in [-0.2, -0.15) is 18.3 Å². The minimum absolute atomic E-state index is 0.0802. The fourth-order valence-electron chi connectivity index (χ4n) is 5.02. The highest BCUT2D eigenvalue weighted by atomic mass is 19.4. The van der Waals surface area contributed by atoms with Crippen LogP contribution >= 0.6 is 0 Å². The van der Waals surface area contributed by atoms with E-state index in [1.807, 2.05) is 91.9 Å². The van der Waals surface area contributed by atoms with Crippen LogP contribution in [0, 0.1) is 0 Å². The van der Waals surface area contributed by atoms with Crippen LogP contribution in [-0.2, 0) is 6.42 Å². The molecule has 0 saturated heterocycles. The van der Waals surface area contributed by atoms with Crippen molar-refractivity contribution in [2.45, 2.75) is 43.9 Å². The first kappa shape index (κ1) is 25.6. The van der Waals surface area contributed by atoms with Gasteiger partial charge in [0, 0.05) is 18.9 Å². The molecule has 2 atom stereocenters. The van der Waals surface area contributed by atoms with Crippen molar-refractivity contribution in [3.63, 3.8) is 0 Å². The van der Waals surface area contributed by atoms with Crippen LogP contribution in [0.4, 0.5) is 19.0 Å². The Morgan fingerprint density at radius 1 is 1.00 bits per heavy atom. The fourth-order valence-corrected chi connectivity index (χ4v) is 5.02. The van der Waals surface area contributed by atoms with Gasteiger partial charge in [0.25, 0.3) is 5.91 Å². The SMILES string of the molecule is CCc1ccc(C2CC(C(F)(F)F)n3ncc(C(=O)NCC(c4ccccc4)c4ccccc4)c3N2)cc1. The Hall–Kier alpha value is -4.07. The number of fused-ring (bicyclic) bond motifs is 1. The third-order valence-electron chi connectivity index (χ3n) is 7.14. The van der Waals surface area contributed by atoms with Gasteiger partial charge >= 0.3 is 6.18 Å².